The van der Waals surface area contributed by atoms with Gasteiger partial charge in [0.1, 0.15) is 24.7 Å². The fourth-order valence-electron chi connectivity index (χ4n) is 5.69. The van der Waals surface area contributed by atoms with Crippen LogP contribution >= 0.6 is 0 Å². The molecule has 7 rings (SSSR count). The SMILES string of the molecule is Nn1cc(-c2ccccc2OCc2ccccc2)cc1-c1cccc(-c2cc(-c3ccccc3OCc3ccccc3)cn2N)c1. The highest BCUT2D eigenvalue weighted by molar-refractivity contribution is 5.80. The van der Waals surface area contributed by atoms with Crippen molar-refractivity contribution in [1.82, 2.24) is 9.35 Å². The normalized spacial score (nSPS) is 11.0. The van der Waals surface area contributed by atoms with Crippen LogP contribution in [0.3, 0.4) is 0 Å². The molecular weight excluding hydrogens is 568 g/mol. The van der Waals surface area contributed by atoms with Crippen LogP contribution in [0, 0.1) is 0 Å². The number of para-hydroxylation sites is 2. The number of nitrogens with zero attached hydrogens (tertiary/aromatic N) is 2. The number of hydrogen-bond acceptors (Lipinski definition) is 4. The summed E-state index contributed by atoms with van der Waals surface area (Å²) < 4.78 is 15.8. The average Bonchev–Trinajstić information content (AvgIpc) is 3.70. The zero-order valence-electron chi connectivity index (χ0n) is 25.3. The zero-order chi connectivity index (χ0) is 31.3. The van der Waals surface area contributed by atoms with Crippen molar-refractivity contribution < 1.29 is 9.47 Å². The van der Waals surface area contributed by atoms with Gasteiger partial charge in [-0.15, -0.1) is 0 Å². The molecule has 0 amide bonds. The Morgan fingerprint density at radius 3 is 1.28 bits per heavy atom. The second kappa shape index (κ2) is 12.8. The van der Waals surface area contributed by atoms with Crippen molar-refractivity contribution in [3.8, 4) is 56.3 Å². The summed E-state index contributed by atoms with van der Waals surface area (Å²) in [5.41, 5.74) is 9.85. The van der Waals surface area contributed by atoms with Gasteiger partial charge in [-0.25, -0.2) is 0 Å². The minimum absolute atomic E-state index is 0.487. The Labute approximate surface area is 268 Å². The summed E-state index contributed by atoms with van der Waals surface area (Å²) in [4.78, 5) is 0. The lowest BCUT2D eigenvalue weighted by molar-refractivity contribution is 0.307. The quantitative estimate of drug-likeness (QED) is 0.154. The van der Waals surface area contributed by atoms with Gasteiger partial charge in [-0.3, -0.25) is 9.35 Å². The van der Waals surface area contributed by atoms with Gasteiger partial charge in [0.25, 0.3) is 0 Å². The smallest absolute Gasteiger partial charge is 0.127 e. The predicted octanol–water partition coefficient (Wildman–Crippen LogP) is 8.54. The van der Waals surface area contributed by atoms with Gasteiger partial charge >= 0.3 is 0 Å². The van der Waals surface area contributed by atoms with Crippen molar-refractivity contribution in [2.75, 3.05) is 11.7 Å². The van der Waals surface area contributed by atoms with Crippen LogP contribution < -0.4 is 21.2 Å². The molecule has 0 bridgehead atoms. The Balaban J connectivity index is 1.15. The number of nitrogens with two attached hydrogens (primary N) is 2. The highest BCUT2D eigenvalue weighted by Gasteiger charge is 2.16. The Morgan fingerprint density at radius 1 is 0.413 bits per heavy atom. The molecule has 0 saturated carbocycles. The van der Waals surface area contributed by atoms with Crippen LogP contribution in [0.15, 0.2) is 158 Å². The molecule has 46 heavy (non-hydrogen) atoms. The van der Waals surface area contributed by atoms with Crippen molar-refractivity contribution in [3.63, 3.8) is 0 Å². The summed E-state index contributed by atoms with van der Waals surface area (Å²) in [5.74, 6) is 14.7. The van der Waals surface area contributed by atoms with E-state index in [1.165, 1.54) is 0 Å². The van der Waals surface area contributed by atoms with E-state index >= 15 is 0 Å². The van der Waals surface area contributed by atoms with Crippen LogP contribution in [0.25, 0.3) is 44.8 Å². The molecule has 2 aromatic heterocycles. The number of benzene rings is 5. The molecule has 2 heterocycles. The fraction of sp³-hybridized carbons (Fsp3) is 0.0500. The number of ether oxygens (including phenoxy) is 2. The maximum Gasteiger partial charge on any atom is 0.127 e. The molecule has 0 aliphatic rings. The molecule has 226 valence electrons. The average molecular weight is 603 g/mol. The first-order chi connectivity index (χ1) is 22.6. The molecule has 0 aliphatic carbocycles. The molecule has 0 fully saturated rings. The van der Waals surface area contributed by atoms with Gasteiger partial charge in [0.05, 0.1) is 11.4 Å². The monoisotopic (exact) mass is 602 g/mol. The van der Waals surface area contributed by atoms with Crippen LogP contribution in [-0.4, -0.2) is 9.35 Å². The number of aromatic nitrogens is 2. The molecule has 0 saturated heterocycles. The predicted molar refractivity (Wildman–Crippen MR) is 186 cm³/mol. The van der Waals surface area contributed by atoms with E-state index in [1.54, 1.807) is 9.35 Å². The largest absolute Gasteiger partial charge is 0.488 e. The molecule has 0 spiro atoms. The molecule has 7 aromatic rings. The third-order valence-electron chi connectivity index (χ3n) is 8.02. The van der Waals surface area contributed by atoms with E-state index in [0.29, 0.717) is 13.2 Å². The molecule has 0 unspecified atom stereocenters. The molecule has 0 atom stereocenters. The molecule has 6 nitrogen and oxygen atoms in total. The van der Waals surface area contributed by atoms with Gasteiger partial charge in [0.2, 0.25) is 0 Å². The molecule has 4 N–H and O–H groups in total. The summed E-state index contributed by atoms with van der Waals surface area (Å²) in [6.07, 6.45) is 3.87. The minimum atomic E-state index is 0.487. The van der Waals surface area contributed by atoms with E-state index in [2.05, 4.69) is 66.7 Å². The lowest BCUT2D eigenvalue weighted by atomic mass is 10.0. The van der Waals surface area contributed by atoms with Crippen LogP contribution in [0.1, 0.15) is 11.1 Å². The van der Waals surface area contributed by atoms with E-state index in [4.69, 9.17) is 21.2 Å². The second-order valence-electron chi connectivity index (χ2n) is 11.2. The summed E-state index contributed by atoms with van der Waals surface area (Å²) in [6, 6.07) is 48.8. The van der Waals surface area contributed by atoms with Gasteiger partial charge < -0.3 is 21.2 Å². The lowest BCUT2D eigenvalue weighted by Crippen LogP contribution is -2.08. The van der Waals surface area contributed by atoms with Crippen LogP contribution in [0.5, 0.6) is 11.5 Å². The summed E-state index contributed by atoms with van der Waals surface area (Å²) in [7, 11) is 0. The Morgan fingerprint density at radius 2 is 0.826 bits per heavy atom. The molecular formula is C40H34N4O2. The van der Waals surface area contributed by atoms with Gasteiger partial charge in [0, 0.05) is 45.8 Å². The maximum absolute atomic E-state index is 6.54. The maximum atomic E-state index is 6.54. The van der Waals surface area contributed by atoms with Crippen molar-refractivity contribution in [2.45, 2.75) is 13.2 Å². The fourth-order valence-corrected chi connectivity index (χ4v) is 5.69. The standard InChI is InChI=1S/C40H34N4O2/c41-43-25-33(35-18-7-9-20-39(35)45-27-29-12-3-1-4-13-29)23-37(43)31-16-11-17-32(22-31)38-24-34(26-44(38)42)36-19-8-10-21-40(36)46-28-30-14-5-2-6-15-30/h1-26H,27-28,41-42H2. The van der Waals surface area contributed by atoms with Crippen molar-refractivity contribution in [2.24, 2.45) is 0 Å². The first kappa shape index (κ1) is 28.6. The van der Waals surface area contributed by atoms with E-state index in [0.717, 1.165) is 67.4 Å². The number of hydrogen-bond donors (Lipinski definition) is 2. The van der Waals surface area contributed by atoms with Gasteiger partial charge in [0.15, 0.2) is 0 Å². The van der Waals surface area contributed by atoms with Crippen molar-refractivity contribution in [3.05, 3.63) is 169 Å². The highest BCUT2D eigenvalue weighted by Crippen LogP contribution is 2.37. The summed E-state index contributed by atoms with van der Waals surface area (Å²) >= 11 is 0. The van der Waals surface area contributed by atoms with Crippen molar-refractivity contribution >= 4 is 0 Å². The van der Waals surface area contributed by atoms with Crippen molar-refractivity contribution in [1.29, 1.82) is 0 Å². The van der Waals surface area contributed by atoms with Crippen LogP contribution in [0.2, 0.25) is 0 Å². The second-order valence-corrected chi connectivity index (χ2v) is 11.2. The van der Waals surface area contributed by atoms with Crippen LogP contribution in [0.4, 0.5) is 0 Å². The minimum Gasteiger partial charge on any atom is -0.488 e. The Hall–Kier alpha value is -6.14. The third kappa shape index (κ3) is 6.10. The Kier molecular flexibility index (Phi) is 7.99. The number of rotatable bonds is 10. The van der Waals surface area contributed by atoms with Gasteiger partial charge in [-0.2, -0.15) is 0 Å². The van der Waals surface area contributed by atoms with E-state index in [9.17, 15) is 0 Å². The molecule has 6 heteroatoms. The topological polar surface area (TPSA) is 80.4 Å². The van der Waals surface area contributed by atoms with Gasteiger partial charge in [-0.1, -0.05) is 115 Å². The zero-order valence-corrected chi connectivity index (χ0v) is 25.3. The summed E-state index contributed by atoms with van der Waals surface area (Å²) in [5, 5.41) is 0. The van der Waals surface area contributed by atoms with E-state index in [-0.39, 0.29) is 0 Å². The first-order valence-corrected chi connectivity index (χ1v) is 15.2. The number of nitrogen functional groups attached to an aromatic ring is 2. The summed E-state index contributed by atoms with van der Waals surface area (Å²) in [6.45, 7) is 0.973. The Bertz CT molecular complexity index is 1930. The third-order valence-corrected chi connectivity index (χ3v) is 8.02. The molecule has 0 aliphatic heterocycles. The highest BCUT2D eigenvalue weighted by atomic mass is 16.5. The molecule has 5 aromatic carbocycles. The lowest BCUT2D eigenvalue weighted by Gasteiger charge is -2.10. The first-order valence-electron chi connectivity index (χ1n) is 15.2. The van der Waals surface area contributed by atoms with Gasteiger partial charge in [-0.05, 0) is 41.5 Å². The molecule has 0 radical (unpaired) electrons. The van der Waals surface area contributed by atoms with E-state index in [1.807, 2.05) is 91.3 Å². The van der Waals surface area contributed by atoms with E-state index < -0.39 is 0 Å². The van der Waals surface area contributed by atoms with Crippen LogP contribution in [-0.2, 0) is 13.2 Å².